The van der Waals surface area contributed by atoms with Gasteiger partial charge in [-0.1, -0.05) is 35.0 Å². The van der Waals surface area contributed by atoms with Gasteiger partial charge >= 0.3 is 0 Å². The lowest BCUT2D eigenvalue weighted by atomic mass is 9.99. The fraction of sp³-hybridized carbons (Fsp3) is 0.160. The van der Waals surface area contributed by atoms with E-state index in [9.17, 15) is 19.2 Å². The van der Waals surface area contributed by atoms with Gasteiger partial charge < -0.3 is 19.6 Å². The summed E-state index contributed by atoms with van der Waals surface area (Å²) >= 11 is 0. The van der Waals surface area contributed by atoms with Crippen LogP contribution in [0.5, 0.6) is 5.75 Å². The molecule has 1 N–H and O–H groups in total. The number of hydrogen-bond donors (Lipinski definition) is 1. The van der Waals surface area contributed by atoms with E-state index in [1.165, 1.54) is 23.1 Å². The molecule has 33 heavy (non-hydrogen) atoms. The molecule has 2 heterocycles. The summed E-state index contributed by atoms with van der Waals surface area (Å²) in [5, 5.41) is 12.7. The molecule has 0 aliphatic carbocycles. The van der Waals surface area contributed by atoms with Gasteiger partial charge in [-0.2, -0.15) is 0 Å². The van der Waals surface area contributed by atoms with Gasteiger partial charge in [0, 0.05) is 27.8 Å². The molecular formula is C25H19FN2O5. The molecule has 0 saturated heterocycles. The topological polar surface area (TPSA) is 88.4 Å². The van der Waals surface area contributed by atoms with Crippen molar-refractivity contribution in [3.05, 3.63) is 93.8 Å². The number of ketones is 1. The van der Waals surface area contributed by atoms with Crippen molar-refractivity contribution in [1.82, 2.24) is 0 Å². The van der Waals surface area contributed by atoms with Crippen LogP contribution in [0.15, 0.2) is 59.8 Å². The fourth-order valence-electron chi connectivity index (χ4n) is 4.12. The van der Waals surface area contributed by atoms with Crippen molar-refractivity contribution in [2.24, 2.45) is 5.16 Å². The second-order valence-corrected chi connectivity index (χ2v) is 7.93. The van der Waals surface area contributed by atoms with Crippen LogP contribution < -0.4 is 9.64 Å². The van der Waals surface area contributed by atoms with Crippen LogP contribution in [0, 0.1) is 12.7 Å². The van der Waals surface area contributed by atoms with E-state index in [0.717, 1.165) is 5.56 Å². The van der Waals surface area contributed by atoms with Crippen LogP contribution in [-0.4, -0.2) is 29.4 Å². The van der Waals surface area contributed by atoms with Gasteiger partial charge in [0.1, 0.15) is 11.6 Å². The summed E-state index contributed by atoms with van der Waals surface area (Å²) in [7, 11) is 0. The van der Waals surface area contributed by atoms with Crippen LogP contribution in [0.25, 0.3) is 0 Å². The quantitative estimate of drug-likeness (QED) is 0.372. The summed E-state index contributed by atoms with van der Waals surface area (Å²) in [6.07, 6.45) is 0. The molecule has 2 aliphatic rings. The minimum absolute atomic E-state index is 0.00377. The molecule has 3 aromatic carbocycles. The van der Waals surface area contributed by atoms with Crippen molar-refractivity contribution in [1.29, 1.82) is 0 Å². The number of aryl methyl sites for hydroxylation is 1. The van der Waals surface area contributed by atoms with Crippen LogP contribution >= 0.6 is 0 Å². The lowest BCUT2D eigenvalue weighted by Gasteiger charge is -2.24. The van der Waals surface area contributed by atoms with Crippen LogP contribution in [0.1, 0.15) is 38.2 Å². The van der Waals surface area contributed by atoms with Gasteiger partial charge in [0.05, 0.1) is 18.8 Å². The van der Waals surface area contributed by atoms with Gasteiger partial charge in [-0.3, -0.25) is 9.59 Å². The van der Waals surface area contributed by atoms with Gasteiger partial charge in [0.15, 0.2) is 18.3 Å². The Morgan fingerprint density at radius 3 is 2.64 bits per heavy atom. The molecule has 2 aliphatic heterocycles. The van der Waals surface area contributed by atoms with Gasteiger partial charge in [-0.15, -0.1) is 0 Å². The van der Waals surface area contributed by atoms with Gasteiger partial charge in [0.25, 0.3) is 5.91 Å². The molecular weight excluding hydrogens is 427 g/mol. The lowest BCUT2D eigenvalue weighted by Crippen LogP contribution is -2.30. The largest absolute Gasteiger partial charge is 0.467 e. The number of hydrogen-bond acceptors (Lipinski definition) is 6. The Labute approximate surface area is 188 Å². The molecule has 0 fully saturated rings. The van der Waals surface area contributed by atoms with E-state index in [0.29, 0.717) is 39.3 Å². The molecule has 0 atom stereocenters. The monoisotopic (exact) mass is 446 g/mol. The second kappa shape index (κ2) is 8.14. The van der Waals surface area contributed by atoms with E-state index in [4.69, 9.17) is 9.47 Å². The molecule has 8 heteroatoms. The molecule has 5 rings (SSSR count). The van der Waals surface area contributed by atoms with Crippen molar-refractivity contribution >= 4 is 23.1 Å². The highest BCUT2D eigenvalue weighted by molar-refractivity contribution is 6.54. The summed E-state index contributed by atoms with van der Waals surface area (Å²) < 4.78 is 24.9. The van der Waals surface area contributed by atoms with Crippen LogP contribution in [0.3, 0.4) is 0 Å². The first-order valence-corrected chi connectivity index (χ1v) is 10.3. The van der Waals surface area contributed by atoms with Gasteiger partial charge in [-0.25, -0.2) is 4.39 Å². The Bertz CT molecular complexity index is 1320. The number of carbonyl (C=O) groups excluding carboxylic acids is 2. The zero-order valence-electron chi connectivity index (χ0n) is 17.7. The van der Waals surface area contributed by atoms with Crippen LogP contribution in [0.4, 0.5) is 10.1 Å². The molecule has 0 unspecified atom stereocenters. The predicted octanol–water partition coefficient (Wildman–Crippen LogP) is 3.96. The van der Waals surface area contributed by atoms with E-state index in [2.05, 4.69) is 5.16 Å². The smallest absolute Gasteiger partial charge is 0.281 e. The minimum atomic E-state index is -0.558. The number of fused-ring (bicyclic) bond motifs is 2. The summed E-state index contributed by atoms with van der Waals surface area (Å²) in [5.74, 6) is -0.775. The molecule has 166 valence electrons. The highest BCUT2D eigenvalue weighted by atomic mass is 19.1. The number of benzene rings is 3. The maximum Gasteiger partial charge on any atom is 0.281 e. The number of nitrogens with zero attached hydrogens (tertiary/aromatic N) is 2. The van der Waals surface area contributed by atoms with E-state index in [1.807, 2.05) is 19.1 Å². The Hall–Kier alpha value is -4.04. The summed E-state index contributed by atoms with van der Waals surface area (Å²) in [6, 6.07) is 14.6. The molecule has 0 saturated carbocycles. The van der Waals surface area contributed by atoms with E-state index in [1.54, 1.807) is 24.3 Å². The third kappa shape index (κ3) is 3.64. The standard InChI is InChI=1S/C25H19FN2O5/c1-14-2-4-15(5-3-14)23(29)16-6-7-21-20(10-16)22(27-31)25(30)28(21)11-17-8-19(26)9-18-12-32-13-33-24(17)18/h2-10,31H,11-13H2,1H3/b27-22-. The van der Waals surface area contributed by atoms with Crippen molar-refractivity contribution in [3.63, 3.8) is 0 Å². The Morgan fingerprint density at radius 1 is 1.12 bits per heavy atom. The van der Waals surface area contributed by atoms with Crippen LogP contribution in [0.2, 0.25) is 0 Å². The first-order valence-electron chi connectivity index (χ1n) is 10.3. The normalized spacial score (nSPS) is 15.9. The molecule has 3 aromatic rings. The maximum absolute atomic E-state index is 14.2. The third-order valence-corrected chi connectivity index (χ3v) is 5.75. The van der Waals surface area contributed by atoms with Crippen molar-refractivity contribution in [2.45, 2.75) is 20.1 Å². The average molecular weight is 446 g/mol. The minimum Gasteiger partial charge on any atom is -0.467 e. The Morgan fingerprint density at radius 2 is 1.88 bits per heavy atom. The number of oxime groups is 1. The summed E-state index contributed by atoms with van der Waals surface area (Å²) in [6.45, 7) is 2.17. The second-order valence-electron chi connectivity index (χ2n) is 7.93. The highest BCUT2D eigenvalue weighted by Crippen LogP contribution is 2.36. The van der Waals surface area contributed by atoms with Crippen molar-refractivity contribution in [2.75, 3.05) is 11.7 Å². The number of halogens is 1. The van der Waals surface area contributed by atoms with Gasteiger partial charge in [0.2, 0.25) is 0 Å². The van der Waals surface area contributed by atoms with E-state index < -0.39 is 11.7 Å². The number of rotatable bonds is 4. The molecule has 0 aromatic heterocycles. The fourth-order valence-corrected chi connectivity index (χ4v) is 4.12. The first-order chi connectivity index (χ1) is 16.0. The lowest BCUT2D eigenvalue weighted by molar-refractivity contribution is -0.112. The number of anilines is 1. The summed E-state index contributed by atoms with van der Waals surface area (Å²) in [4.78, 5) is 27.3. The zero-order chi connectivity index (χ0) is 23.1. The molecule has 0 radical (unpaired) electrons. The predicted molar refractivity (Wildman–Crippen MR) is 117 cm³/mol. The van der Waals surface area contributed by atoms with E-state index in [-0.39, 0.29) is 31.4 Å². The molecule has 1 amide bonds. The van der Waals surface area contributed by atoms with Crippen molar-refractivity contribution < 1.29 is 28.7 Å². The third-order valence-electron chi connectivity index (χ3n) is 5.75. The van der Waals surface area contributed by atoms with Gasteiger partial charge in [-0.05, 0) is 37.3 Å². The number of carbonyl (C=O) groups is 2. The average Bonchev–Trinajstić information content (AvgIpc) is 3.08. The number of amides is 1. The molecule has 0 spiro atoms. The SMILES string of the molecule is Cc1ccc(C(=O)c2ccc3c(c2)/C(=N/O)C(=O)N3Cc2cc(F)cc3c2OCOC3)cc1. The number of ether oxygens (including phenoxy) is 2. The highest BCUT2D eigenvalue weighted by Gasteiger charge is 2.36. The maximum atomic E-state index is 14.2. The molecule has 7 nitrogen and oxygen atoms in total. The first kappa shape index (κ1) is 20.8. The Balaban J connectivity index is 1.52. The van der Waals surface area contributed by atoms with Crippen molar-refractivity contribution in [3.8, 4) is 5.75 Å². The zero-order valence-corrected chi connectivity index (χ0v) is 17.7. The van der Waals surface area contributed by atoms with Crippen LogP contribution in [-0.2, 0) is 22.7 Å². The molecule has 0 bridgehead atoms. The Kier molecular flexibility index (Phi) is 5.14. The summed E-state index contributed by atoms with van der Waals surface area (Å²) in [5.41, 5.74) is 3.52. The van der Waals surface area contributed by atoms with E-state index >= 15 is 0 Å².